The maximum Gasteiger partial charge on any atom is 0.340 e. The summed E-state index contributed by atoms with van der Waals surface area (Å²) in [5.74, 6) is -3.29. The second kappa shape index (κ2) is 11.4. The molecule has 0 spiro atoms. The predicted octanol–water partition coefficient (Wildman–Crippen LogP) is 2.98. The highest BCUT2D eigenvalue weighted by Crippen LogP contribution is 2.41. The highest BCUT2D eigenvalue weighted by Gasteiger charge is 2.47. The SMILES string of the molecule is C=C(C)[C@@H](C/C=C(\CC(C)=O)C(=O)OC)CC1(OC)O/C(=C\C(C)=O)C=C1C(=O)OC. The van der Waals surface area contributed by atoms with Crippen LogP contribution in [0.4, 0.5) is 0 Å². The van der Waals surface area contributed by atoms with E-state index in [1.54, 1.807) is 13.0 Å². The van der Waals surface area contributed by atoms with Gasteiger partial charge < -0.3 is 18.9 Å². The zero-order valence-corrected chi connectivity index (χ0v) is 18.9. The molecule has 0 amide bonds. The fourth-order valence-electron chi connectivity index (χ4n) is 3.20. The number of ether oxygens (including phenoxy) is 4. The second-order valence-corrected chi connectivity index (χ2v) is 7.35. The summed E-state index contributed by atoms with van der Waals surface area (Å²) in [6, 6.07) is 0. The van der Waals surface area contributed by atoms with Gasteiger partial charge in [0.25, 0.3) is 0 Å². The van der Waals surface area contributed by atoms with Gasteiger partial charge in [-0.2, -0.15) is 0 Å². The van der Waals surface area contributed by atoms with Crippen molar-refractivity contribution in [2.75, 3.05) is 21.3 Å². The first kappa shape index (κ1) is 26.0. The van der Waals surface area contributed by atoms with E-state index in [1.807, 2.05) is 0 Å². The van der Waals surface area contributed by atoms with Gasteiger partial charge in [0.05, 0.1) is 14.2 Å². The molecule has 0 aromatic rings. The lowest BCUT2D eigenvalue weighted by Gasteiger charge is -2.33. The molecule has 8 nitrogen and oxygen atoms in total. The van der Waals surface area contributed by atoms with E-state index in [1.165, 1.54) is 47.3 Å². The summed E-state index contributed by atoms with van der Waals surface area (Å²) in [5, 5.41) is 0. The number of hydrogen-bond acceptors (Lipinski definition) is 8. The van der Waals surface area contributed by atoms with E-state index in [0.29, 0.717) is 6.42 Å². The van der Waals surface area contributed by atoms with Gasteiger partial charge in [0, 0.05) is 31.6 Å². The molecule has 1 rings (SSSR count). The number of hydrogen-bond donors (Lipinski definition) is 0. The molecule has 0 saturated carbocycles. The zero-order chi connectivity index (χ0) is 23.8. The Bertz CT molecular complexity index is 846. The lowest BCUT2D eigenvalue weighted by molar-refractivity contribution is -0.177. The Morgan fingerprint density at radius 3 is 2.23 bits per heavy atom. The Morgan fingerprint density at radius 1 is 1.13 bits per heavy atom. The Balaban J connectivity index is 3.30. The molecule has 1 unspecified atom stereocenters. The highest BCUT2D eigenvalue weighted by atomic mass is 16.7. The quantitative estimate of drug-likeness (QED) is 0.278. The van der Waals surface area contributed by atoms with Crippen molar-refractivity contribution in [3.05, 3.63) is 47.3 Å². The van der Waals surface area contributed by atoms with Crippen LogP contribution in [-0.4, -0.2) is 50.6 Å². The van der Waals surface area contributed by atoms with E-state index in [9.17, 15) is 19.2 Å². The van der Waals surface area contributed by atoms with Crippen molar-refractivity contribution in [1.82, 2.24) is 0 Å². The van der Waals surface area contributed by atoms with Crippen LogP contribution in [0.25, 0.3) is 0 Å². The molecule has 0 aliphatic carbocycles. The minimum absolute atomic E-state index is 0.0552. The summed E-state index contributed by atoms with van der Waals surface area (Å²) >= 11 is 0. The molecule has 31 heavy (non-hydrogen) atoms. The Labute approximate surface area is 182 Å². The normalized spacial score (nSPS) is 20.5. The molecule has 1 aliphatic heterocycles. The van der Waals surface area contributed by atoms with E-state index in [4.69, 9.17) is 18.9 Å². The van der Waals surface area contributed by atoms with Gasteiger partial charge in [-0.1, -0.05) is 18.2 Å². The third kappa shape index (κ3) is 7.03. The minimum Gasteiger partial charge on any atom is -0.466 e. The molecular weight excluding hydrogens is 404 g/mol. The number of rotatable bonds is 11. The van der Waals surface area contributed by atoms with E-state index < -0.39 is 17.7 Å². The van der Waals surface area contributed by atoms with Crippen molar-refractivity contribution in [1.29, 1.82) is 0 Å². The number of ketones is 2. The van der Waals surface area contributed by atoms with Crippen LogP contribution in [0.15, 0.2) is 47.3 Å². The van der Waals surface area contributed by atoms with Crippen LogP contribution >= 0.6 is 0 Å². The topological polar surface area (TPSA) is 105 Å². The van der Waals surface area contributed by atoms with Gasteiger partial charge in [0.2, 0.25) is 5.79 Å². The van der Waals surface area contributed by atoms with Crippen molar-refractivity contribution in [3.63, 3.8) is 0 Å². The van der Waals surface area contributed by atoms with Gasteiger partial charge in [0.15, 0.2) is 5.78 Å². The highest BCUT2D eigenvalue weighted by molar-refractivity contribution is 5.95. The van der Waals surface area contributed by atoms with Crippen molar-refractivity contribution in [2.45, 2.75) is 45.8 Å². The largest absolute Gasteiger partial charge is 0.466 e. The number of carbonyl (C=O) groups is 4. The van der Waals surface area contributed by atoms with Crippen molar-refractivity contribution < 1.29 is 38.1 Å². The molecule has 0 N–H and O–H groups in total. The first-order valence-electron chi connectivity index (χ1n) is 9.68. The summed E-state index contributed by atoms with van der Waals surface area (Å²) in [4.78, 5) is 47.4. The smallest absolute Gasteiger partial charge is 0.340 e. The van der Waals surface area contributed by atoms with E-state index in [-0.39, 0.29) is 47.2 Å². The standard InChI is InChI=1S/C23H30O8/c1-14(2)18(9-8-17(10-15(3)24)21(26)28-5)13-23(30-7)20(22(27)29-6)12-19(31-23)11-16(4)25/h8,11-12,18H,1,9-10,13H2,2-7H3/b17-8+,19-11-/t18-,23?/m0/s1. The minimum atomic E-state index is -1.50. The van der Waals surface area contributed by atoms with Crippen molar-refractivity contribution in [2.24, 2.45) is 5.92 Å². The fourth-order valence-corrected chi connectivity index (χ4v) is 3.20. The molecule has 1 aliphatic rings. The van der Waals surface area contributed by atoms with Crippen LogP contribution < -0.4 is 0 Å². The first-order valence-corrected chi connectivity index (χ1v) is 9.68. The predicted molar refractivity (Wildman–Crippen MR) is 113 cm³/mol. The van der Waals surface area contributed by atoms with Crippen LogP contribution in [0.1, 0.15) is 40.0 Å². The monoisotopic (exact) mass is 434 g/mol. The number of esters is 2. The van der Waals surface area contributed by atoms with Gasteiger partial charge in [-0.05, 0) is 39.2 Å². The maximum absolute atomic E-state index is 12.4. The molecule has 0 fully saturated rings. The number of Topliss-reactive ketones (excluding diaryl/α,β-unsaturated/α-hetero) is 1. The summed E-state index contributed by atoms with van der Waals surface area (Å²) in [6.07, 6.45) is 4.71. The van der Waals surface area contributed by atoms with Gasteiger partial charge in [0.1, 0.15) is 17.1 Å². The fraction of sp³-hybridized carbons (Fsp3) is 0.478. The van der Waals surface area contributed by atoms with Crippen LogP contribution in [0.2, 0.25) is 0 Å². The summed E-state index contributed by atoms with van der Waals surface area (Å²) in [5.41, 5.74) is 1.09. The molecule has 1 heterocycles. The average molecular weight is 434 g/mol. The molecule has 2 atom stereocenters. The zero-order valence-electron chi connectivity index (χ0n) is 18.9. The molecule has 0 bridgehead atoms. The van der Waals surface area contributed by atoms with Crippen molar-refractivity contribution in [3.8, 4) is 0 Å². The molecule has 0 aromatic heterocycles. The van der Waals surface area contributed by atoms with Gasteiger partial charge in [-0.25, -0.2) is 9.59 Å². The Kier molecular flexibility index (Phi) is 9.58. The first-order chi connectivity index (χ1) is 14.5. The van der Waals surface area contributed by atoms with Gasteiger partial charge >= 0.3 is 11.9 Å². The molecule has 0 saturated heterocycles. The van der Waals surface area contributed by atoms with Crippen LogP contribution in [0, 0.1) is 5.92 Å². The third-order valence-corrected chi connectivity index (χ3v) is 4.81. The summed E-state index contributed by atoms with van der Waals surface area (Å²) in [7, 11) is 3.86. The summed E-state index contributed by atoms with van der Waals surface area (Å²) in [6.45, 7) is 8.54. The van der Waals surface area contributed by atoms with Gasteiger partial charge in [-0.3, -0.25) is 9.59 Å². The molecular formula is C23H30O8. The third-order valence-electron chi connectivity index (χ3n) is 4.81. The van der Waals surface area contributed by atoms with Crippen LogP contribution in [-0.2, 0) is 38.1 Å². The van der Waals surface area contributed by atoms with Crippen molar-refractivity contribution >= 4 is 23.5 Å². The lowest BCUT2D eigenvalue weighted by Crippen LogP contribution is -2.39. The number of allylic oxidation sites excluding steroid dienone is 4. The molecule has 170 valence electrons. The van der Waals surface area contributed by atoms with E-state index in [2.05, 4.69) is 6.58 Å². The molecule has 0 radical (unpaired) electrons. The second-order valence-electron chi connectivity index (χ2n) is 7.35. The Morgan fingerprint density at radius 2 is 1.77 bits per heavy atom. The average Bonchev–Trinajstić information content (AvgIpc) is 3.05. The van der Waals surface area contributed by atoms with Crippen LogP contribution in [0.3, 0.4) is 0 Å². The van der Waals surface area contributed by atoms with Gasteiger partial charge in [-0.15, -0.1) is 0 Å². The molecule has 0 aromatic carbocycles. The molecule has 8 heteroatoms. The van der Waals surface area contributed by atoms with E-state index in [0.717, 1.165) is 5.57 Å². The lowest BCUT2D eigenvalue weighted by atomic mass is 9.86. The Hall–Kier alpha value is -3.00. The maximum atomic E-state index is 12.4. The number of carbonyl (C=O) groups excluding carboxylic acids is 4. The number of methoxy groups -OCH3 is 3. The summed E-state index contributed by atoms with van der Waals surface area (Å²) < 4.78 is 21.1. The van der Waals surface area contributed by atoms with E-state index >= 15 is 0 Å². The van der Waals surface area contributed by atoms with Crippen LogP contribution in [0.5, 0.6) is 0 Å².